The van der Waals surface area contributed by atoms with Crippen molar-refractivity contribution in [2.45, 2.75) is 11.6 Å². The van der Waals surface area contributed by atoms with Crippen LogP contribution in [0.4, 0.5) is 17.6 Å². The molecule has 1 fully saturated rings. The van der Waals surface area contributed by atoms with E-state index in [9.17, 15) is 22.4 Å². The molecule has 1 aliphatic heterocycles. The fourth-order valence-electron chi connectivity index (χ4n) is 2.61. The molecule has 1 amide bonds. The molecule has 3 rings (SSSR count). The van der Waals surface area contributed by atoms with Crippen molar-refractivity contribution in [1.82, 2.24) is 4.90 Å². The summed E-state index contributed by atoms with van der Waals surface area (Å²) in [7, 11) is 0. The average Bonchev–Trinajstić information content (AvgIpc) is 3.03. The topological polar surface area (TPSA) is 20.3 Å². The van der Waals surface area contributed by atoms with E-state index in [2.05, 4.69) is 0 Å². The predicted molar refractivity (Wildman–Crippen MR) is 84.1 cm³/mol. The van der Waals surface area contributed by atoms with Crippen LogP contribution in [0.15, 0.2) is 48.5 Å². The fraction of sp³-hybridized carbons (Fsp3) is 0.235. The summed E-state index contributed by atoms with van der Waals surface area (Å²) in [6.45, 7) is 0.360. The molecule has 2 aromatic carbocycles. The van der Waals surface area contributed by atoms with E-state index in [1.807, 2.05) is 0 Å². The molecule has 0 aromatic heterocycles. The van der Waals surface area contributed by atoms with Gasteiger partial charge in [-0.2, -0.15) is 13.2 Å². The highest BCUT2D eigenvalue weighted by Crippen LogP contribution is 2.40. The minimum atomic E-state index is -4.44. The van der Waals surface area contributed by atoms with Gasteiger partial charge in [-0.1, -0.05) is 24.3 Å². The molecule has 1 unspecified atom stereocenters. The lowest BCUT2D eigenvalue weighted by Gasteiger charge is -2.25. The molecule has 0 N–H and O–H groups in total. The van der Waals surface area contributed by atoms with E-state index >= 15 is 0 Å². The van der Waals surface area contributed by atoms with Crippen LogP contribution in [0.25, 0.3) is 0 Å². The van der Waals surface area contributed by atoms with E-state index in [1.165, 1.54) is 40.9 Å². The molecule has 1 saturated heterocycles. The van der Waals surface area contributed by atoms with E-state index in [1.54, 1.807) is 12.1 Å². The Morgan fingerprint density at radius 3 is 2.58 bits per heavy atom. The molecule has 0 bridgehead atoms. The smallest absolute Gasteiger partial charge is 0.322 e. The Hall–Kier alpha value is -2.02. The number of benzene rings is 2. The molecule has 0 saturated carbocycles. The van der Waals surface area contributed by atoms with E-state index in [0.717, 1.165) is 12.1 Å². The van der Waals surface area contributed by atoms with Gasteiger partial charge < -0.3 is 4.90 Å². The predicted octanol–water partition coefficient (Wildman–Crippen LogP) is 4.73. The summed E-state index contributed by atoms with van der Waals surface area (Å²) in [5.41, 5.74) is -0.445. The van der Waals surface area contributed by atoms with Gasteiger partial charge >= 0.3 is 6.18 Å². The summed E-state index contributed by atoms with van der Waals surface area (Å²) in [5.74, 6) is -0.566. The molecule has 0 radical (unpaired) electrons. The van der Waals surface area contributed by atoms with E-state index in [4.69, 9.17) is 0 Å². The van der Waals surface area contributed by atoms with Crippen molar-refractivity contribution in [3.05, 3.63) is 71.0 Å². The van der Waals surface area contributed by atoms with Crippen molar-refractivity contribution in [3.8, 4) is 0 Å². The maximum atomic E-state index is 13.8. The van der Waals surface area contributed by atoms with Crippen LogP contribution < -0.4 is 0 Å². The number of rotatable bonds is 2. The SMILES string of the molecule is O=C(c1ccccc1F)N1CCSC1c1cccc(C(F)(F)F)c1. The summed E-state index contributed by atoms with van der Waals surface area (Å²) in [4.78, 5) is 14.0. The average molecular weight is 355 g/mol. The molecule has 1 atom stereocenters. The van der Waals surface area contributed by atoms with Gasteiger partial charge in [-0.25, -0.2) is 4.39 Å². The number of alkyl halides is 3. The van der Waals surface area contributed by atoms with E-state index in [0.29, 0.717) is 17.9 Å². The van der Waals surface area contributed by atoms with Crippen LogP contribution >= 0.6 is 11.8 Å². The van der Waals surface area contributed by atoms with Crippen LogP contribution in [0.1, 0.15) is 26.9 Å². The third-order valence-corrected chi connectivity index (χ3v) is 5.02. The first-order valence-electron chi connectivity index (χ1n) is 7.22. The zero-order valence-corrected chi connectivity index (χ0v) is 13.2. The van der Waals surface area contributed by atoms with Crippen LogP contribution in [0, 0.1) is 5.82 Å². The third kappa shape index (κ3) is 3.26. The van der Waals surface area contributed by atoms with Crippen molar-refractivity contribution in [3.63, 3.8) is 0 Å². The number of amides is 1. The van der Waals surface area contributed by atoms with Crippen LogP contribution in [-0.4, -0.2) is 23.1 Å². The number of thioether (sulfide) groups is 1. The second kappa shape index (κ2) is 6.47. The number of hydrogen-bond acceptors (Lipinski definition) is 2. The molecule has 2 nitrogen and oxygen atoms in total. The minimum absolute atomic E-state index is 0.0722. The van der Waals surface area contributed by atoms with Crippen molar-refractivity contribution >= 4 is 17.7 Å². The Morgan fingerprint density at radius 2 is 1.88 bits per heavy atom. The Balaban J connectivity index is 1.92. The molecule has 0 aliphatic carbocycles. The van der Waals surface area contributed by atoms with Crippen molar-refractivity contribution in [2.75, 3.05) is 12.3 Å². The monoisotopic (exact) mass is 355 g/mol. The highest BCUT2D eigenvalue weighted by Gasteiger charge is 2.35. The van der Waals surface area contributed by atoms with Gasteiger partial charge in [0.05, 0.1) is 11.1 Å². The number of carbonyl (C=O) groups excluding carboxylic acids is 1. The maximum Gasteiger partial charge on any atom is 0.416 e. The number of halogens is 4. The van der Waals surface area contributed by atoms with Crippen molar-refractivity contribution in [1.29, 1.82) is 0 Å². The molecule has 1 aliphatic rings. The number of hydrogen-bond donors (Lipinski definition) is 0. The summed E-state index contributed by atoms with van der Waals surface area (Å²) in [6, 6.07) is 10.5. The van der Waals surface area contributed by atoms with E-state index in [-0.39, 0.29) is 5.56 Å². The van der Waals surface area contributed by atoms with Gasteiger partial charge in [-0.05, 0) is 29.8 Å². The lowest BCUT2D eigenvalue weighted by Crippen LogP contribution is -2.31. The zero-order valence-electron chi connectivity index (χ0n) is 12.4. The maximum absolute atomic E-state index is 13.8. The highest BCUT2D eigenvalue weighted by molar-refractivity contribution is 7.99. The van der Waals surface area contributed by atoms with Gasteiger partial charge in [0, 0.05) is 12.3 Å². The summed E-state index contributed by atoms with van der Waals surface area (Å²) < 4.78 is 52.5. The normalized spacial score (nSPS) is 18.0. The Kier molecular flexibility index (Phi) is 4.54. The lowest BCUT2D eigenvalue weighted by molar-refractivity contribution is -0.137. The first-order chi connectivity index (χ1) is 11.4. The molecule has 0 spiro atoms. The Morgan fingerprint density at radius 1 is 1.12 bits per heavy atom. The highest BCUT2D eigenvalue weighted by atomic mass is 32.2. The standard InChI is InChI=1S/C17H13F4NOS/c18-14-7-2-1-6-13(14)15(23)22-8-9-24-16(22)11-4-3-5-12(10-11)17(19,20)21/h1-7,10,16H,8-9H2. The van der Waals surface area contributed by atoms with Gasteiger partial charge in [-0.15, -0.1) is 11.8 Å². The first-order valence-corrected chi connectivity index (χ1v) is 8.27. The van der Waals surface area contributed by atoms with Gasteiger partial charge in [0.25, 0.3) is 5.91 Å². The van der Waals surface area contributed by atoms with E-state index < -0.39 is 28.8 Å². The van der Waals surface area contributed by atoms with Gasteiger partial charge in [0.15, 0.2) is 0 Å². The van der Waals surface area contributed by atoms with Crippen molar-refractivity contribution < 1.29 is 22.4 Å². The summed E-state index contributed by atoms with van der Waals surface area (Å²) in [6.07, 6.45) is -4.44. The molecule has 24 heavy (non-hydrogen) atoms. The Labute approximate surface area is 140 Å². The second-order valence-electron chi connectivity index (χ2n) is 5.32. The molecule has 2 aromatic rings. The largest absolute Gasteiger partial charge is 0.416 e. The quantitative estimate of drug-likeness (QED) is 0.726. The second-order valence-corrected chi connectivity index (χ2v) is 6.51. The van der Waals surface area contributed by atoms with Crippen LogP contribution in [0.3, 0.4) is 0 Å². The van der Waals surface area contributed by atoms with Crippen LogP contribution in [-0.2, 0) is 6.18 Å². The van der Waals surface area contributed by atoms with Crippen LogP contribution in [0.2, 0.25) is 0 Å². The Bertz CT molecular complexity index is 762. The minimum Gasteiger partial charge on any atom is -0.322 e. The first kappa shape index (κ1) is 16.8. The molecule has 7 heteroatoms. The lowest BCUT2D eigenvalue weighted by atomic mass is 10.1. The fourth-order valence-corrected chi connectivity index (χ4v) is 3.86. The van der Waals surface area contributed by atoms with Gasteiger partial charge in [0.2, 0.25) is 0 Å². The summed E-state index contributed by atoms with van der Waals surface area (Å²) >= 11 is 1.37. The zero-order chi connectivity index (χ0) is 17.3. The number of carbonyl (C=O) groups is 1. The molecular formula is C17H13F4NOS. The summed E-state index contributed by atoms with van der Waals surface area (Å²) in [5, 5.41) is -0.556. The van der Waals surface area contributed by atoms with Crippen molar-refractivity contribution in [2.24, 2.45) is 0 Å². The number of nitrogens with zero attached hydrogens (tertiary/aromatic N) is 1. The molecular weight excluding hydrogens is 342 g/mol. The molecule has 1 heterocycles. The van der Waals surface area contributed by atoms with Gasteiger partial charge in [0.1, 0.15) is 11.2 Å². The third-order valence-electron chi connectivity index (χ3n) is 3.76. The molecule has 126 valence electrons. The van der Waals surface area contributed by atoms with Gasteiger partial charge in [-0.3, -0.25) is 4.79 Å². The van der Waals surface area contributed by atoms with Crippen LogP contribution in [0.5, 0.6) is 0 Å².